The van der Waals surface area contributed by atoms with Crippen molar-refractivity contribution in [3.63, 3.8) is 0 Å². The summed E-state index contributed by atoms with van der Waals surface area (Å²) in [5.41, 5.74) is 1.32. The molecule has 0 aliphatic carbocycles. The molecule has 1 aromatic rings. The van der Waals surface area contributed by atoms with E-state index in [0.29, 0.717) is 0 Å². The molecule has 0 amide bonds. The fourth-order valence-electron chi connectivity index (χ4n) is 2.25. The van der Waals surface area contributed by atoms with Crippen LogP contribution in [0.25, 0.3) is 0 Å². The van der Waals surface area contributed by atoms with E-state index in [1.807, 2.05) is 6.07 Å². The molecule has 1 aliphatic rings. The molecule has 1 fully saturated rings. The fraction of sp³-hybridized carbons (Fsp3) is 0.500. The van der Waals surface area contributed by atoms with Gasteiger partial charge in [-0.25, -0.2) is 0 Å². The number of hydrogen-bond acceptors (Lipinski definition) is 3. The fourth-order valence-corrected chi connectivity index (χ4v) is 2.25. The van der Waals surface area contributed by atoms with Gasteiger partial charge in [0.25, 0.3) is 0 Å². The molecule has 1 saturated heterocycles. The van der Waals surface area contributed by atoms with E-state index >= 15 is 0 Å². The molecular weight excluding hydrogens is 201 g/mol. The van der Waals surface area contributed by atoms with E-state index in [-0.39, 0.29) is 5.82 Å². The third kappa shape index (κ3) is 3.08. The standard InChI is InChI=1S/C12H18BNO2/c15-13(16)12-6-8-14(9-7-12)10-11-4-2-1-3-5-11/h1-5,12,15-16H,6-10H2. The molecule has 0 atom stereocenters. The van der Waals surface area contributed by atoms with Crippen LogP contribution < -0.4 is 0 Å². The van der Waals surface area contributed by atoms with Crippen LogP contribution in [0.5, 0.6) is 0 Å². The summed E-state index contributed by atoms with van der Waals surface area (Å²) in [6.45, 7) is 2.88. The average molecular weight is 219 g/mol. The Balaban J connectivity index is 1.82. The first kappa shape index (κ1) is 11.6. The third-order valence-electron chi connectivity index (χ3n) is 3.30. The van der Waals surface area contributed by atoms with Crippen LogP contribution in [0.15, 0.2) is 30.3 Å². The van der Waals surface area contributed by atoms with Crippen molar-refractivity contribution in [3.05, 3.63) is 35.9 Å². The zero-order chi connectivity index (χ0) is 11.4. The summed E-state index contributed by atoms with van der Waals surface area (Å²) in [7, 11) is -1.14. The maximum atomic E-state index is 9.09. The van der Waals surface area contributed by atoms with E-state index in [1.54, 1.807) is 0 Å². The quantitative estimate of drug-likeness (QED) is 0.749. The van der Waals surface area contributed by atoms with E-state index in [0.717, 1.165) is 32.5 Å². The van der Waals surface area contributed by atoms with Crippen molar-refractivity contribution in [1.82, 2.24) is 4.90 Å². The molecule has 0 saturated carbocycles. The first-order valence-electron chi connectivity index (χ1n) is 5.88. The Morgan fingerprint density at radius 2 is 1.75 bits per heavy atom. The van der Waals surface area contributed by atoms with Crippen LogP contribution in [0.3, 0.4) is 0 Å². The highest BCUT2D eigenvalue weighted by Gasteiger charge is 2.27. The highest BCUT2D eigenvalue weighted by Crippen LogP contribution is 2.24. The minimum absolute atomic E-state index is 0.0621. The van der Waals surface area contributed by atoms with Gasteiger partial charge in [0.05, 0.1) is 0 Å². The molecule has 1 aliphatic heterocycles. The van der Waals surface area contributed by atoms with E-state index in [1.165, 1.54) is 5.56 Å². The molecule has 2 N–H and O–H groups in total. The Hall–Kier alpha value is -0.835. The van der Waals surface area contributed by atoms with Crippen LogP contribution in [0.4, 0.5) is 0 Å². The van der Waals surface area contributed by atoms with Crippen LogP contribution in [0.2, 0.25) is 5.82 Å². The van der Waals surface area contributed by atoms with Crippen molar-refractivity contribution in [1.29, 1.82) is 0 Å². The van der Waals surface area contributed by atoms with Gasteiger partial charge < -0.3 is 10.0 Å². The Morgan fingerprint density at radius 3 is 2.31 bits per heavy atom. The lowest BCUT2D eigenvalue weighted by molar-refractivity contribution is 0.207. The summed E-state index contributed by atoms with van der Waals surface area (Å²) in [5.74, 6) is 0.0621. The second kappa shape index (κ2) is 5.48. The van der Waals surface area contributed by atoms with E-state index in [4.69, 9.17) is 10.0 Å². The average Bonchev–Trinajstić information content (AvgIpc) is 2.31. The number of rotatable bonds is 3. The third-order valence-corrected chi connectivity index (χ3v) is 3.30. The first-order valence-corrected chi connectivity index (χ1v) is 5.88. The normalized spacial score (nSPS) is 18.6. The number of nitrogens with zero attached hydrogens (tertiary/aromatic N) is 1. The Bertz CT molecular complexity index is 310. The molecule has 1 aromatic carbocycles. The Kier molecular flexibility index (Phi) is 3.99. The van der Waals surface area contributed by atoms with Crippen molar-refractivity contribution < 1.29 is 10.0 Å². The minimum Gasteiger partial charge on any atom is -0.427 e. The first-order chi connectivity index (χ1) is 7.75. The van der Waals surface area contributed by atoms with Gasteiger partial charge in [-0.15, -0.1) is 0 Å². The Morgan fingerprint density at radius 1 is 1.12 bits per heavy atom. The summed E-state index contributed by atoms with van der Waals surface area (Å²) >= 11 is 0. The van der Waals surface area contributed by atoms with Gasteiger partial charge in [-0.1, -0.05) is 30.3 Å². The highest BCUT2D eigenvalue weighted by molar-refractivity contribution is 6.43. The van der Waals surface area contributed by atoms with Gasteiger partial charge in [-0.3, -0.25) is 4.90 Å². The number of piperidine rings is 1. The van der Waals surface area contributed by atoms with Gasteiger partial charge in [-0.2, -0.15) is 0 Å². The van der Waals surface area contributed by atoms with Crippen LogP contribution in [0.1, 0.15) is 18.4 Å². The van der Waals surface area contributed by atoms with Crippen molar-refractivity contribution in [2.24, 2.45) is 0 Å². The Labute approximate surface area is 96.9 Å². The topological polar surface area (TPSA) is 43.7 Å². The molecule has 0 unspecified atom stereocenters. The molecule has 1 heterocycles. The molecule has 3 nitrogen and oxygen atoms in total. The minimum atomic E-state index is -1.14. The van der Waals surface area contributed by atoms with Gasteiger partial charge >= 0.3 is 7.12 Å². The lowest BCUT2D eigenvalue weighted by atomic mass is 9.67. The molecule has 16 heavy (non-hydrogen) atoms. The van der Waals surface area contributed by atoms with Crippen LogP contribution in [0, 0.1) is 0 Å². The van der Waals surface area contributed by atoms with Crippen molar-refractivity contribution in [3.8, 4) is 0 Å². The largest absolute Gasteiger partial charge is 0.454 e. The molecular formula is C12H18BNO2. The van der Waals surface area contributed by atoms with Gasteiger partial charge in [0, 0.05) is 6.54 Å². The molecule has 4 heteroatoms. The van der Waals surface area contributed by atoms with Gasteiger partial charge in [-0.05, 0) is 37.3 Å². The summed E-state index contributed by atoms with van der Waals surface area (Å²) in [6, 6.07) is 10.4. The molecule has 0 spiro atoms. The van der Waals surface area contributed by atoms with Crippen molar-refractivity contribution in [2.75, 3.05) is 13.1 Å². The van der Waals surface area contributed by atoms with Crippen LogP contribution in [-0.2, 0) is 6.54 Å². The maximum Gasteiger partial charge on any atom is 0.454 e. The zero-order valence-electron chi connectivity index (χ0n) is 9.42. The molecule has 86 valence electrons. The summed E-state index contributed by atoms with van der Waals surface area (Å²) < 4.78 is 0. The number of benzene rings is 1. The monoisotopic (exact) mass is 219 g/mol. The van der Waals surface area contributed by atoms with Crippen molar-refractivity contribution >= 4 is 7.12 Å². The molecule has 0 radical (unpaired) electrons. The lowest BCUT2D eigenvalue weighted by Gasteiger charge is -2.31. The zero-order valence-corrected chi connectivity index (χ0v) is 9.42. The second-order valence-corrected chi connectivity index (χ2v) is 4.51. The molecule has 0 aromatic heterocycles. The summed E-state index contributed by atoms with van der Waals surface area (Å²) in [4.78, 5) is 2.37. The second-order valence-electron chi connectivity index (χ2n) is 4.51. The van der Waals surface area contributed by atoms with Crippen molar-refractivity contribution in [2.45, 2.75) is 25.2 Å². The predicted octanol–water partition coefficient (Wildman–Crippen LogP) is 1.13. The van der Waals surface area contributed by atoms with E-state index in [9.17, 15) is 0 Å². The molecule has 0 bridgehead atoms. The van der Waals surface area contributed by atoms with E-state index < -0.39 is 7.12 Å². The highest BCUT2D eigenvalue weighted by atomic mass is 16.4. The van der Waals surface area contributed by atoms with Gasteiger partial charge in [0.15, 0.2) is 0 Å². The van der Waals surface area contributed by atoms with Gasteiger partial charge in [0.1, 0.15) is 0 Å². The maximum absolute atomic E-state index is 9.09. The number of hydrogen-bond donors (Lipinski definition) is 2. The van der Waals surface area contributed by atoms with Gasteiger partial charge in [0.2, 0.25) is 0 Å². The number of likely N-dealkylation sites (tertiary alicyclic amines) is 1. The smallest absolute Gasteiger partial charge is 0.427 e. The predicted molar refractivity (Wildman–Crippen MR) is 64.9 cm³/mol. The van der Waals surface area contributed by atoms with Crippen LogP contribution in [-0.4, -0.2) is 35.2 Å². The summed E-state index contributed by atoms with van der Waals surface area (Å²) in [6.07, 6.45) is 1.76. The SMILES string of the molecule is OB(O)C1CCN(Cc2ccccc2)CC1. The van der Waals surface area contributed by atoms with E-state index in [2.05, 4.69) is 29.2 Å². The molecule has 2 rings (SSSR count). The summed E-state index contributed by atoms with van der Waals surface area (Å²) in [5, 5.41) is 18.2. The lowest BCUT2D eigenvalue weighted by Crippen LogP contribution is -2.36. The van der Waals surface area contributed by atoms with Crippen LogP contribution >= 0.6 is 0 Å².